The number of hydrogen-bond acceptors (Lipinski definition) is 0. The van der Waals surface area contributed by atoms with Gasteiger partial charge in [0.15, 0.2) is 12.4 Å². The van der Waals surface area contributed by atoms with Crippen molar-refractivity contribution in [2.24, 2.45) is 0 Å². The van der Waals surface area contributed by atoms with Crippen LogP contribution in [-0.2, 0) is 19.4 Å². The first-order valence-corrected chi connectivity index (χ1v) is 15.8. The Balaban J connectivity index is 2.28. The van der Waals surface area contributed by atoms with Gasteiger partial charge >= 0.3 is 0 Å². The molecule has 0 N–H and O–H groups in total. The predicted molar refractivity (Wildman–Crippen MR) is 153 cm³/mol. The third-order valence-corrected chi connectivity index (χ3v) is 7.57. The molecule has 0 fully saturated rings. The maximum absolute atomic E-state index is 2.50. The topological polar surface area (TPSA) is 3.88 Å². The quantitative estimate of drug-likeness (QED) is 0.0983. The Kier molecular flexibility index (Phi) is 21.9. The lowest BCUT2D eigenvalue weighted by Crippen LogP contribution is -2.33. The normalized spacial score (nSPS) is 11.4. The molecule has 0 amide bonds. The SMILES string of the molecule is CCCCCCCCCCCCc1cc[n+](CCCC)cc1CCCCCCCCCCCC. The molecule has 0 spiro atoms. The van der Waals surface area contributed by atoms with Crippen molar-refractivity contribution in [3.63, 3.8) is 0 Å². The van der Waals surface area contributed by atoms with Gasteiger partial charge < -0.3 is 0 Å². The summed E-state index contributed by atoms with van der Waals surface area (Å²) in [6.45, 7) is 8.09. The average Bonchev–Trinajstić information content (AvgIpc) is 2.85. The number of hydrogen-bond donors (Lipinski definition) is 0. The van der Waals surface area contributed by atoms with E-state index in [2.05, 4.69) is 43.8 Å². The van der Waals surface area contributed by atoms with Crippen LogP contribution >= 0.6 is 0 Å². The molecular weight excluding hydrogens is 410 g/mol. The molecule has 0 aliphatic carbocycles. The summed E-state index contributed by atoms with van der Waals surface area (Å²) in [7, 11) is 0. The minimum absolute atomic E-state index is 1.18. The molecule has 1 heterocycles. The van der Waals surface area contributed by atoms with Crippen LogP contribution in [0.15, 0.2) is 18.5 Å². The van der Waals surface area contributed by atoms with Gasteiger partial charge in [0.1, 0.15) is 6.54 Å². The second kappa shape index (κ2) is 23.9. The van der Waals surface area contributed by atoms with E-state index in [9.17, 15) is 0 Å². The summed E-state index contributed by atoms with van der Waals surface area (Å²) in [6.07, 6.45) is 38.5. The number of pyridine rings is 1. The maximum atomic E-state index is 2.50. The standard InChI is InChI=1S/C33H62N/c1-4-7-10-12-14-16-18-20-22-24-26-32-28-30-34(29-9-6-3)31-33(32)27-25-23-21-19-17-15-13-11-8-5-2/h28,30-31H,4-27,29H2,1-3H3/q+1. The smallest absolute Gasteiger partial charge is 0.172 e. The Morgan fingerprint density at radius 3 is 1.26 bits per heavy atom. The van der Waals surface area contributed by atoms with Gasteiger partial charge in [0.2, 0.25) is 0 Å². The van der Waals surface area contributed by atoms with E-state index in [1.807, 2.05) is 0 Å². The summed E-state index contributed by atoms with van der Waals surface area (Å²) in [4.78, 5) is 0. The van der Waals surface area contributed by atoms with Gasteiger partial charge in [0, 0.05) is 18.1 Å². The van der Waals surface area contributed by atoms with E-state index in [1.165, 1.54) is 161 Å². The predicted octanol–water partition coefficient (Wildman–Crippen LogP) is 10.7. The van der Waals surface area contributed by atoms with Crippen molar-refractivity contribution in [1.29, 1.82) is 0 Å². The highest BCUT2D eigenvalue weighted by Crippen LogP contribution is 2.17. The van der Waals surface area contributed by atoms with Crippen LogP contribution in [0.25, 0.3) is 0 Å². The van der Waals surface area contributed by atoms with Gasteiger partial charge in [-0.2, -0.15) is 0 Å². The Hall–Kier alpha value is -0.850. The van der Waals surface area contributed by atoms with Gasteiger partial charge in [-0.1, -0.05) is 143 Å². The molecule has 1 aromatic heterocycles. The van der Waals surface area contributed by atoms with Crippen LogP contribution < -0.4 is 4.57 Å². The largest absolute Gasteiger partial charge is 0.205 e. The molecule has 0 unspecified atom stereocenters. The second-order valence-electron chi connectivity index (χ2n) is 11.0. The Labute approximate surface area is 215 Å². The van der Waals surface area contributed by atoms with Crippen molar-refractivity contribution >= 4 is 0 Å². The summed E-state index contributed by atoms with van der Waals surface area (Å²) in [5.41, 5.74) is 3.29. The fraction of sp³-hybridized carbons (Fsp3) is 0.848. The highest BCUT2D eigenvalue weighted by Gasteiger charge is 2.09. The van der Waals surface area contributed by atoms with Crippen molar-refractivity contribution in [1.82, 2.24) is 0 Å². The first-order valence-electron chi connectivity index (χ1n) is 15.8. The lowest BCUT2D eigenvalue weighted by Gasteiger charge is -2.09. The van der Waals surface area contributed by atoms with Gasteiger partial charge in [0.05, 0.1) is 0 Å². The Morgan fingerprint density at radius 2 is 0.824 bits per heavy atom. The summed E-state index contributed by atoms with van der Waals surface area (Å²) in [5, 5.41) is 0. The fourth-order valence-corrected chi connectivity index (χ4v) is 5.17. The van der Waals surface area contributed by atoms with Crippen molar-refractivity contribution in [2.75, 3.05) is 0 Å². The molecule has 0 bridgehead atoms. The molecule has 0 radical (unpaired) electrons. The van der Waals surface area contributed by atoms with E-state index < -0.39 is 0 Å². The first kappa shape index (κ1) is 31.2. The molecule has 0 aliphatic heterocycles. The minimum Gasteiger partial charge on any atom is -0.205 e. The van der Waals surface area contributed by atoms with E-state index in [0.29, 0.717) is 0 Å². The van der Waals surface area contributed by atoms with E-state index in [1.54, 1.807) is 11.1 Å². The molecule has 0 saturated heterocycles. The summed E-state index contributed by atoms with van der Waals surface area (Å²) < 4.78 is 2.46. The van der Waals surface area contributed by atoms with Crippen LogP contribution in [-0.4, -0.2) is 0 Å². The highest BCUT2D eigenvalue weighted by atomic mass is 14.9. The van der Waals surface area contributed by atoms with Crippen molar-refractivity contribution in [2.45, 2.75) is 181 Å². The zero-order valence-corrected chi connectivity index (χ0v) is 23.9. The number of aryl methyl sites for hydroxylation is 3. The number of unbranched alkanes of at least 4 members (excludes halogenated alkanes) is 19. The molecule has 0 aromatic carbocycles. The molecular formula is C33H62N+. The first-order chi connectivity index (χ1) is 16.8. The minimum atomic E-state index is 1.18. The van der Waals surface area contributed by atoms with Gasteiger partial charge in [-0.05, 0) is 31.2 Å². The highest BCUT2D eigenvalue weighted by molar-refractivity contribution is 5.21. The van der Waals surface area contributed by atoms with Crippen LogP contribution in [0.4, 0.5) is 0 Å². The van der Waals surface area contributed by atoms with Gasteiger partial charge in [-0.15, -0.1) is 0 Å². The third kappa shape index (κ3) is 17.6. The number of nitrogens with zero attached hydrogens (tertiary/aromatic N) is 1. The van der Waals surface area contributed by atoms with Crippen molar-refractivity contribution < 1.29 is 4.57 Å². The summed E-state index contributed by atoms with van der Waals surface area (Å²) in [6, 6.07) is 2.45. The van der Waals surface area contributed by atoms with E-state index in [-0.39, 0.29) is 0 Å². The van der Waals surface area contributed by atoms with E-state index in [0.717, 1.165) is 0 Å². The zero-order valence-electron chi connectivity index (χ0n) is 23.9. The summed E-state index contributed by atoms with van der Waals surface area (Å²) in [5.74, 6) is 0. The number of rotatable bonds is 25. The Bertz CT molecular complexity index is 549. The van der Waals surface area contributed by atoms with Gasteiger partial charge in [0.25, 0.3) is 0 Å². The third-order valence-electron chi connectivity index (χ3n) is 7.57. The van der Waals surface area contributed by atoms with Crippen LogP contribution in [0, 0.1) is 0 Å². The Morgan fingerprint density at radius 1 is 0.441 bits per heavy atom. The van der Waals surface area contributed by atoms with Crippen LogP contribution in [0.1, 0.15) is 173 Å². The van der Waals surface area contributed by atoms with E-state index in [4.69, 9.17) is 0 Å². The molecule has 1 nitrogen and oxygen atoms in total. The molecule has 34 heavy (non-hydrogen) atoms. The van der Waals surface area contributed by atoms with Crippen LogP contribution in [0.2, 0.25) is 0 Å². The molecule has 198 valence electrons. The molecule has 0 atom stereocenters. The molecule has 1 heteroatoms. The lowest BCUT2D eigenvalue weighted by atomic mass is 9.97. The summed E-state index contributed by atoms with van der Waals surface area (Å²) >= 11 is 0. The number of aromatic nitrogens is 1. The van der Waals surface area contributed by atoms with Crippen LogP contribution in [0.5, 0.6) is 0 Å². The zero-order chi connectivity index (χ0) is 24.5. The molecule has 1 rings (SSSR count). The monoisotopic (exact) mass is 472 g/mol. The molecule has 0 saturated carbocycles. The fourth-order valence-electron chi connectivity index (χ4n) is 5.17. The van der Waals surface area contributed by atoms with Crippen molar-refractivity contribution in [3.05, 3.63) is 29.6 Å². The van der Waals surface area contributed by atoms with E-state index >= 15 is 0 Å². The van der Waals surface area contributed by atoms with Gasteiger partial charge in [-0.25, -0.2) is 4.57 Å². The van der Waals surface area contributed by atoms with Gasteiger partial charge in [-0.3, -0.25) is 0 Å². The molecule has 1 aromatic rings. The molecule has 0 aliphatic rings. The lowest BCUT2D eigenvalue weighted by molar-refractivity contribution is -0.697. The average molecular weight is 473 g/mol. The second-order valence-corrected chi connectivity index (χ2v) is 11.0. The maximum Gasteiger partial charge on any atom is 0.172 e. The van der Waals surface area contributed by atoms with Crippen molar-refractivity contribution in [3.8, 4) is 0 Å². The van der Waals surface area contributed by atoms with Crippen LogP contribution in [0.3, 0.4) is 0 Å².